The maximum absolute atomic E-state index is 13.3. The van der Waals surface area contributed by atoms with Gasteiger partial charge in [-0.1, -0.05) is 35.9 Å². The summed E-state index contributed by atoms with van der Waals surface area (Å²) in [4.78, 5) is 27.6. The van der Waals surface area contributed by atoms with Crippen molar-refractivity contribution in [1.29, 1.82) is 0 Å². The number of carbonyl (C=O) groups excluding carboxylic acids is 2. The predicted octanol–water partition coefficient (Wildman–Crippen LogP) is 4.00. The van der Waals surface area contributed by atoms with Gasteiger partial charge in [0.2, 0.25) is 0 Å². The van der Waals surface area contributed by atoms with Gasteiger partial charge in [0.15, 0.2) is 6.61 Å². The van der Waals surface area contributed by atoms with E-state index in [4.69, 9.17) is 30.5 Å². The maximum atomic E-state index is 13.3. The lowest BCUT2D eigenvalue weighted by molar-refractivity contribution is -0.137. The zero-order valence-electron chi connectivity index (χ0n) is 18.9. The fraction of sp³-hybridized carbons (Fsp3) is 0.280. The van der Waals surface area contributed by atoms with Crippen LogP contribution in [0.2, 0.25) is 5.02 Å². The summed E-state index contributed by atoms with van der Waals surface area (Å²) in [5.41, 5.74) is 0.657. The highest BCUT2D eigenvalue weighted by molar-refractivity contribution is 6.32. The zero-order valence-corrected chi connectivity index (χ0v) is 19.7. The number of morpholine rings is 1. The SMILES string of the molecule is COc1cc(OC)c(NC(=O)c2cc3ccccc3cc2OCC(=O)N2CCOCC2)cc1Cl. The van der Waals surface area contributed by atoms with Gasteiger partial charge < -0.3 is 29.2 Å². The Bertz CT molecular complexity index is 1210. The standard InChI is InChI=1S/C25H25ClN2O6/c1-31-22-14-23(32-2)20(13-19(22)26)27-25(30)18-11-16-5-3-4-6-17(16)12-21(18)34-15-24(29)28-7-9-33-10-8-28/h3-6,11-14H,7-10,15H2,1-2H3,(H,27,30). The van der Waals surface area contributed by atoms with Crippen LogP contribution in [-0.2, 0) is 9.53 Å². The number of carbonyl (C=O) groups is 2. The molecule has 3 aromatic rings. The number of methoxy groups -OCH3 is 2. The summed E-state index contributed by atoms with van der Waals surface area (Å²) >= 11 is 6.25. The fourth-order valence-electron chi connectivity index (χ4n) is 3.71. The lowest BCUT2D eigenvalue weighted by Crippen LogP contribution is -2.43. The van der Waals surface area contributed by atoms with E-state index in [0.717, 1.165) is 10.8 Å². The van der Waals surface area contributed by atoms with Crippen molar-refractivity contribution in [3.8, 4) is 17.2 Å². The Morgan fingerprint density at radius 3 is 2.32 bits per heavy atom. The number of hydrogen-bond acceptors (Lipinski definition) is 6. The van der Waals surface area contributed by atoms with Crippen molar-refractivity contribution in [1.82, 2.24) is 4.90 Å². The topological polar surface area (TPSA) is 86.3 Å². The van der Waals surface area contributed by atoms with E-state index in [1.165, 1.54) is 14.2 Å². The van der Waals surface area contributed by atoms with Crippen molar-refractivity contribution >= 4 is 39.9 Å². The number of amides is 2. The molecule has 0 saturated carbocycles. The fourth-order valence-corrected chi connectivity index (χ4v) is 3.95. The second-order valence-electron chi connectivity index (χ2n) is 7.62. The summed E-state index contributed by atoms with van der Waals surface area (Å²) in [6, 6.07) is 14.2. The largest absolute Gasteiger partial charge is 0.495 e. The number of anilines is 1. The maximum Gasteiger partial charge on any atom is 0.260 e. The number of rotatable bonds is 7. The first kappa shape index (κ1) is 23.7. The summed E-state index contributed by atoms with van der Waals surface area (Å²) < 4.78 is 21.8. The van der Waals surface area contributed by atoms with Crippen LogP contribution in [0.5, 0.6) is 17.2 Å². The number of hydrogen-bond donors (Lipinski definition) is 1. The van der Waals surface area contributed by atoms with Crippen LogP contribution < -0.4 is 19.5 Å². The summed E-state index contributed by atoms with van der Waals surface area (Å²) in [6.07, 6.45) is 0. The average molecular weight is 485 g/mol. The number of benzene rings is 3. The Balaban J connectivity index is 1.62. The van der Waals surface area contributed by atoms with Crippen molar-refractivity contribution in [2.45, 2.75) is 0 Å². The molecular formula is C25H25ClN2O6. The smallest absolute Gasteiger partial charge is 0.260 e. The number of ether oxygens (including phenoxy) is 4. The molecule has 1 saturated heterocycles. The van der Waals surface area contributed by atoms with E-state index in [1.54, 1.807) is 29.2 Å². The minimum absolute atomic E-state index is 0.161. The van der Waals surface area contributed by atoms with Crippen molar-refractivity contribution < 1.29 is 28.5 Å². The molecule has 0 aromatic heterocycles. The molecule has 1 aliphatic rings. The van der Waals surface area contributed by atoms with Crippen LogP contribution in [0.4, 0.5) is 5.69 Å². The first-order valence-corrected chi connectivity index (χ1v) is 11.1. The minimum atomic E-state index is -0.431. The number of halogens is 1. The highest BCUT2D eigenvalue weighted by Crippen LogP contribution is 2.36. The van der Waals surface area contributed by atoms with E-state index < -0.39 is 5.91 Å². The van der Waals surface area contributed by atoms with Crippen molar-refractivity contribution in [3.05, 3.63) is 59.1 Å². The van der Waals surface area contributed by atoms with Gasteiger partial charge in [-0.2, -0.15) is 0 Å². The molecule has 1 fully saturated rings. The predicted molar refractivity (Wildman–Crippen MR) is 129 cm³/mol. The molecule has 0 unspecified atom stereocenters. The van der Waals surface area contributed by atoms with Gasteiger partial charge in [0.05, 0.1) is 43.7 Å². The molecule has 1 heterocycles. The van der Waals surface area contributed by atoms with Gasteiger partial charge in [0.1, 0.15) is 17.2 Å². The minimum Gasteiger partial charge on any atom is -0.495 e. The highest BCUT2D eigenvalue weighted by atomic mass is 35.5. The quantitative estimate of drug-likeness (QED) is 0.545. The molecule has 0 bridgehead atoms. The van der Waals surface area contributed by atoms with Gasteiger partial charge in [-0.25, -0.2) is 0 Å². The molecule has 1 aliphatic heterocycles. The Morgan fingerprint density at radius 1 is 0.971 bits per heavy atom. The number of nitrogens with one attached hydrogen (secondary N) is 1. The Hall–Kier alpha value is -3.49. The van der Waals surface area contributed by atoms with Gasteiger partial charge in [-0.15, -0.1) is 0 Å². The third-order valence-corrected chi connectivity index (χ3v) is 5.82. The first-order chi connectivity index (χ1) is 16.5. The third-order valence-electron chi connectivity index (χ3n) is 5.53. The summed E-state index contributed by atoms with van der Waals surface area (Å²) in [7, 11) is 2.98. The molecule has 1 N–H and O–H groups in total. The Morgan fingerprint density at radius 2 is 1.65 bits per heavy atom. The number of fused-ring (bicyclic) bond motifs is 1. The van der Waals surface area contributed by atoms with E-state index in [-0.39, 0.29) is 18.1 Å². The average Bonchev–Trinajstić information content (AvgIpc) is 2.87. The molecule has 9 heteroatoms. The van der Waals surface area contributed by atoms with Crippen LogP contribution in [0, 0.1) is 0 Å². The molecule has 3 aromatic carbocycles. The Labute approximate surface area is 202 Å². The van der Waals surface area contributed by atoms with Crippen LogP contribution in [0.1, 0.15) is 10.4 Å². The van der Waals surface area contributed by atoms with Crippen LogP contribution in [-0.4, -0.2) is 63.8 Å². The van der Waals surface area contributed by atoms with E-state index in [9.17, 15) is 9.59 Å². The molecule has 0 aliphatic carbocycles. The van der Waals surface area contributed by atoms with Gasteiger partial charge >= 0.3 is 0 Å². The second kappa shape index (κ2) is 10.6. The van der Waals surface area contributed by atoms with Gasteiger partial charge in [0.25, 0.3) is 11.8 Å². The zero-order chi connectivity index (χ0) is 24.1. The monoisotopic (exact) mass is 484 g/mol. The third kappa shape index (κ3) is 5.18. The molecule has 0 atom stereocenters. The molecule has 8 nitrogen and oxygen atoms in total. The highest BCUT2D eigenvalue weighted by Gasteiger charge is 2.21. The van der Waals surface area contributed by atoms with E-state index in [0.29, 0.717) is 54.3 Å². The van der Waals surface area contributed by atoms with E-state index in [1.807, 2.05) is 24.3 Å². The molecule has 0 radical (unpaired) electrons. The molecule has 4 rings (SSSR count). The second-order valence-corrected chi connectivity index (χ2v) is 8.03. The summed E-state index contributed by atoms with van der Waals surface area (Å²) in [5.74, 6) is 0.523. The Kier molecular flexibility index (Phi) is 7.40. The lowest BCUT2D eigenvalue weighted by atomic mass is 10.0. The van der Waals surface area contributed by atoms with Crippen molar-refractivity contribution in [3.63, 3.8) is 0 Å². The van der Waals surface area contributed by atoms with Crippen LogP contribution in [0.3, 0.4) is 0 Å². The molecule has 34 heavy (non-hydrogen) atoms. The van der Waals surface area contributed by atoms with Crippen LogP contribution in [0.15, 0.2) is 48.5 Å². The first-order valence-electron chi connectivity index (χ1n) is 10.7. The van der Waals surface area contributed by atoms with E-state index >= 15 is 0 Å². The normalized spacial score (nSPS) is 13.4. The molecular weight excluding hydrogens is 460 g/mol. The number of nitrogens with zero attached hydrogens (tertiary/aromatic N) is 1. The summed E-state index contributed by atoms with van der Waals surface area (Å²) in [5, 5.41) is 4.90. The van der Waals surface area contributed by atoms with Gasteiger partial charge in [-0.3, -0.25) is 9.59 Å². The molecule has 0 spiro atoms. The van der Waals surface area contributed by atoms with Crippen LogP contribution >= 0.6 is 11.6 Å². The summed E-state index contributed by atoms with van der Waals surface area (Å²) in [6.45, 7) is 1.86. The molecule has 178 valence electrons. The van der Waals surface area contributed by atoms with E-state index in [2.05, 4.69) is 5.32 Å². The lowest BCUT2D eigenvalue weighted by Gasteiger charge is -2.26. The van der Waals surface area contributed by atoms with Crippen LogP contribution in [0.25, 0.3) is 10.8 Å². The van der Waals surface area contributed by atoms with Crippen molar-refractivity contribution in [2.24, 2.45) is 0 Å². The van der Waals surface area contributed by atoms with Gasteiger partial charge in [0, 0.05) is 19.2 Å². The van der Waals surface area contributed by atoms with Gasteiger partial charge in [-0.05, 0) is 29.0 Å². The molecule has 2 amide bonds. The van der Waals surface area contributed by atoms with Crippen molar-refractivity contribution in [2.75, 3.05) is 52.4 Å².